The van der Waals surface area contributed by atoms with E-state index in [-0.39, 0.29) is 30.0 Å². The number of nitrogens with zero attached hydrogens (tertiary/aromatic N) is 1. The van der Waals surface area contributed by atoms with Gasteiger partial charge in [0.25, 0.3) is 0 Å². The van der Waals surface area contributed by atoms with Crippen molar-refractivity contribution in [1.82, 2.24) is 10.2 Å². The van der Waals surface area contributed by atoms with Gasteiger partial charge in [-0.1, -0.05) is 12.8 Å². The first-order chi connectivity index (χ1) is 8.09. The number of rotatable bonds is 2. The first kappa shape index (κ1) is 12.5. The van der Waals surface area contributed by atoms with Crippen molar-refractivity contribution in [3.05, 3.63) is 0 Å². The Morgan fingerprint density at radius 1 is 1.24 bits per heavy atom. The maximum absolute atomic E-state index is 11.9. The predicted molar refractivity (Wildman–Crippen MR) is 62.2 cm³/mol. The van der Waals surface area contributed by atoms with Gasteiger partial charge in [0.15, 0.2) is 0 Å². The van der Waals surface area contributed by atoms with E-state index >= 15 is 0 Å². The van der Waals surface area contributed by atoms with E-state index in [9.17, 15) is 14.7 Å². The fourth-order valence-electron chi connectivity index (χ4n) is 2.63. The summed E-state index contributed by atoms with van der Waals surface area (Å²) in [5.74, 6) is -0.281. The summed E-state index contributed by atoms with van der Waals surface area (Å²) >= 11 is 0. The van der Waals surface area contributed by atoms with Crippen LogP contribution >= 0.6 is 0 Å². The zero-order valence-corrected chi connectivity index (χ0v) is 10.2. The Balaban J connectivity index is 1.94. The van der Waals surface area contributed by atoms with Gasteiger partial charge in [-0.2, -0.15) is 0 Å². The van der Waals surface area contributed by atoms with Gasteiger partial charge in [0.2, 0.25) is 11.8 Å². The molecule has 1 aliphatic carbocycles. The zero-order valence-electron chi connectivity index (χ0n) is 10.2. The van der Waals surface area contributed by atoms with Crippen LogP contribution < -0.4 is 5.32 Å². The molecule has 2 rings (SSSR count). The second-order valence-corrected chi connectivity index (χ2v) is 5.01. The molecule has 1 saturated heterocycles. The van der Waals surface area contributed by atoms with Gasteiger partial charge in [0, 0.05) is 19.5 Å². The number of hydrogen-bond donors (Lipinski definition) is 2. The molecular formula is C12H20N2O3. The van der Waals surface area contributed by atoms with Crippen molar-refractivity contribution in [2.75, 3.05) is 7.05 Å². The van der Waals surface area contributed by atoms with Gasteiger partial charge in [0.05, 0.1) is 12.1 Å². The lowest BCUT2D eigenvalue weighted by atomic mass is 9.91. The zero-order chi connectivity index (χ0) is 12.4. The minimum absolute atomic E-state index is 0.000646. The molecule has 2 amide bonds. The average Bonchev–Trinajstić information content (AvgIpc) is 2.32. The molecule has 2 N–H and O–H groups in total. The van der Waals surface area contributed by atoms with E-state index in [4.69, 9.17) is 0 Å². The van der Waals surface area contributed by atoms with Crippen molar-refractivity contribution < 1.29 is 14.7 Å². The number of piperidine rings is 1. The molecular weight excluding hydrogens is 220 g/mol. The minimum Gasteiger partial charge on any atom is -0.392 e. The van der Waals surface area contributed by atoms with Crippen LogP contribution in [-0.4, -0.2) is 47.1 Å². The highest BCUT2D eigenvalue weighted by molar-refractivity contribution is 6.00. The summed E-state index contributed by atoms with van der Waals surface area (Å²) < 4.78 is 0. The summed E-state index contributed by atoms with van der Waals surface area (Å²) in [5, 5.41) is 13.1. The topological polar surface area (TPSA) is 69.6 Å². The standard InChI is InChI=1S/C12H20N2O3/c1-14-11(16)7-6-9(12(14)17)13-8-4-2-3-5-10(8)15/h8-10,13,15H,2-7H2,1H3/t8-,9?,10-/m1/s1. The second kappa shape index (κ2) is 5.14. The molecule has 5 nitrogen and oxygen atoms in total. The first-order valence-electron chi connectivity index (χ1n) is 6.34. The molecule has 2 aliphatic rings. The third-order valence-electron chi connectivity index (χ3n) is 3.79. The van der Waals surface area contributed by atoms with Crippen molar-refractivity contribution in [2.45, 2.75) is 56.7 Å². The Hall–Kier alpha value is -0.940. The number of likely N-dealkylation sites (tertiary alicyclic amines) is 1. The van der Waals surface area contributed by atoms with Crippen molar-refractivity contribution in [2.24, 2.45) is 0 Å². The summed E-state index contributed by atoms with van der Waals surface area (Å²) in [4.78, 5) is 24.4. The molecule has 1 heterocycles. The summed E-state index contributed by atoms with van der Waals surface area (Å²) in [7, 11) is 1.52. The lowest BCUT2D eigenvalue weighted by Gasteiger charge is -2.35. The Bertz CT molecular complexity index is 319. The van der Waals surface area contributed by atoms with Gasteiger partial charge in [-0.15, -0.1) is 0 Å². The highest BCUT2D eigenvalue weighted by atomic mass is 16.3. The molecule has 0 radical (unpaired) electrons. The van der Waals surface area contributed by atoms with Gasteiger partial charge >= 0.3 is 0 Å². The lowest BCUT2D eigenvalue weighted by molar-refractivity contribution is -0.148. The van der Waals surface area contributed by atoms with Crippen LogP contribution in [0.3, 0.4) is 0 Å². The fraction of sp³-hybridized carbons (Fsp3) is 0.833. The van der Waals surface area contributed by atoms with Crippen LogP contribution in [0.15, 0.2) is 0 Å². The van der Waals surface area contributed by atoms with Crippen molar-refractivity contribution in [3.63, 3.8) is 0 Å². The molecule has 0 aromatic heterocycles. The molecule has 0 bridgehead atoms. The molecule has 2 fully saturated rings. The normalized spacial score (nSPS) is 35.2. The molecule has 0 aromatic carbocycles. The van der Waals surface area contributed by atoms with E-state index in [1.807, 2.05) is 0 Å². The largest absolute Gasteiger partial charge is 0.392 e. The van der Waals surface area contributed by atoms with E-state index < -0.39 is 0 Å². The van der Waals surface area contributed by atoms with E-state index in [2.05, 4.69) is 5.32 Å². The van der Waals surface area contributed by atoms with Gasteiger partial charge in [-0.05, 0) is 19.3 Å². The van der Waals surface area contributed by atoms with Gasteiger partial charge < -0.3 is 10.4 Å². The summed E-state index contributed by atoms with van der Waals surface area (Å²) in [6.07, 6.45) is 4.43. The molecule has 1 aliphatic heterocycles. The van der Waals surface area contributed by atoms with Gasteiger partial charge in [0.1, 0.15) is 0 Å². The van der Waals surface area contributed by atoms with E-state index in [1.54, 1.807) is 0 Å². The van der Waals surface area contributed by atoms with Crippen LogP contribution in [0.5, 0.6) is 0 Å². The monoisotopic (exact) mass is 240 g/mol. The molecule has 1 unspecified atom stereocenters. The van der Waals surface area contributed by atoms with Crippen LogP contribution in [0.25, 0.3) is 0 Å². The highest BCUT2D eigenvalue weighted by Gasteiger charge is 2.34. The third kappa shape index (κ3) is 2.66. The summed E-state index contributed by atoms with van der Waals surface area (Å²) in [6, 6.07) is -0.310. The number of nitrogens with one attached hydrogen (secondary N) is 1. The third-order valence-corrected chi connectivity index (χ3v) is 3.79. The number of amides is 2. The molecule has 3 atom stereocenters. The number of hydrogen-bond acceptors (Lipinski definition) is 4. The van der Waals surface area contributed by atoms with Crippen molar-refractivity contribution in [3.8, 4) is 0 Å². The van der Waals surface area contributed by atoms with Gasteiger partial charge in [-0.3, -0.25) is 14.5 Å². The second-order valence-electron chi connectivity index (χ2n) is 5.01. The number of carbonyl (C=O) groups excluding carboxylic acids is 2. The van der Waals surface area contributed by atoms with E-state index in [0.29, 0.717) is 12.8 Å². The minimum atomic E-state index is -0.362. The van der Waals surface area contributed by atoms with Crippen LogP contribution in [0.1, 0.15) is 38.5 Å². The fourth-order valence-corrected chi connectivity index (χ4v) is 2.63. The number of carbonyl (C=O) groups is 2. The SMILES string of the molecule is CN1C(=O)CCC(N[C@@H]2CCCC[C@H]2O)C1=O. The predicted octanol–water partition coefficient (Wildman–Crippen LogP) is 0.0269. The van der Waals surface area contributed by atoms with E-state index in [0.717, 1.165) is 25.7 Å². The first-order valence-corrected chi connectivity index (χ1v) is 6.34. The number of aliphatic hydroxyl groups is 1. The quantitative estimate of drug-likeness (QED) is 0.668. The highest BCUT2D eigenvalue weighted by Crippen LogP contribution is 2.21. The van der Waals surface area contributed by atoms with Crippen LogP contribution in [0.4, 0.5) is 0 Å². The van der Waals surface area contributed by atoms with Gasteiger partial charge in [-0.25, -0.2) is 0 Å². The Kier molecular flexibility index (Phi) is 3.79. The summed E-state index contributed by atoms with van der Waals surface area (Å²) in [6.45, 7) is 0. The average molecular weight is 240 g/mol. The van der Waals surface area contributed by atoms with Crippen molar-refractivity contribution in [1.29, 1.82) is 0 Å². The molecule has 96 valence electrons. The van der Waals surface area contributed by atoms with Crippen LogP contribution in [0.2, 0.25) is 0 Å². The molecule has 5 heteroatoms. The number of imide groups is 1. The van der Waals surface area contributed by atoms with E-state index in [1.165, 1.54) is 11.9 Å². The molecule has 17 heavy (non-hydrogen) atoms. The molecule has 1 saturated carbocycles. The van der Waals surface area contributed by atoms with Crippen LogP contribution in [-0.2, 0) is 9.59 Å². The number of likely N-dealkylation sites (N-methyl/N-ethyl adjacent to an activating group) is 1. The Morgan fingerprint density at radius 3 is 2.65 bits per heavy atom. The summed E-state index contributed by atoms with van der Waals surface area (Å²) in [5.41, 5.74) is 0. The van der Waals surface area contributed by atoms with Crippen LogP contribution in [0, 0.1) is 0 Å². The molecule has 0 spiro atoms. The van der Waals surface area contributed by atoms with Crippen molar-refractivity contribution >= 4 is 11.8 Å². The maximum atomic E-state index is 11.9. The lowest BCUT2D eigenvalue weighted by Crippen LogP contribution is -2.56. The smallest absolute Gasteiger partial charge is 0.246 e. The molecule has 0 aromatic rings. The maximum Gasteiger partial charge on any atom is 0.246 e. The Morgan fingerprint density at radius 2 is 1.94 bits per heavy atom. The Labute approximate surface area is 101 Å². The number of aliphatic hydroxyl groups excluding tert-OH is 1.